The van der Waals surface area contributed by atoms with E-state index < -0.39 is 5.97 Å². The van der Waals surface area contributed by atoms with Crippen LogP contribution in [0.25, 0.3) is 0 Å². The normalized spacial score (nSPS) is 16.5. The van der Waals surface area contributed by atoms with Crippen LogP contribution in [0.15, 0.2) is 6.20 Å². The fraction of sp³-hybridized carbons (Fsp3) is 0.545. The van der Waals surface area contributed by atoms with Gasteiger partial charge in [0.1, 0.15) is 0 Å². The molecule has 1 atom stereocenters. The SMILES string of the molecule is Cc1[nH]ncc1C(=O)NC(CC(=O)O)C1CC1. The Hall–Kier alpha value is -1.85. The minimum atomic E-state index is -0.883. The number of aromatic nitrogens is 2. The number of carboxylic acid groups (broad SMARTS) is 1. The number of aryl methyl sites for hydroxylation is 1. The van der Waals surface area contributed by atoms with Crippen LogP contribution in [-0.4, -0.2) is 33.2 Å². The molecule has 1 aromatic rings. The molecule has 1 amide bonds. The molecule has 1 saturated carbocycles. The summed E-state index contributed by atoms with van der Waals surface area (Å²) in [4.78, 5) is 22.6. The van der Waals surface area contributed by atoms with E-state index in [0.717, 1.165) is 12.8 Å². The molecule has 6 heteroatoms. The molecule has 0 radical (unpaired) electrons. The lowest BCUT2D eigenvalue weighted by molar-refractivity contribution is -0.137. The van der Waals surface area contributed by atoms with E-state index >= 15 is 0 Å². The van der Waals surface area contributed by atoms with E-state index in [1.807, 2.05) is 0 Å². The zero-order valence-corrected chi connectivity index (χ0v) is 9.56. The van der Waals surface area contributed by atoms with Crippen LogP contribution < -0.4 is 5.32 Å². The number of H-pyrrole nitrogens is 1. The topological polar surface area (TPSA) is 95.1 Å². The molecule has 1 aliphatic carbocycles. The van der Waals surface area contributed by atoms with Gasteiger partial charge in [-0.2, -0.15) is 5.10 Å². The van der Waals surface area contributed by atoms with Crippen LogP contribution in [0.2, 0.25) is 0 Å². The Bertz CT molecular complexity index is 437. The van der Waals surface area contributed by atoms with Crippen LogP contribution >= 0.6 is 0 Å². The van der Waals surface area contributed by atoms with Gasteiger partial charge in [0, 0.05) is 11.7 Å². The van der Waals surface area contributed by atoms with E-state index in [1.165, 1.54) is 6.20 Å². The van der Waals surface area contributed by atoms with Gasteiger partial charge in [-0.3, -0.25) is 14.7 Å². The lowest BCUT2D eigenvalue weighted by Gasteiger charge is -2.15. The molecule has 1 aliphatic rings. The van der Waals surface area contributed by atoms with Gasteiger partial charge in [-0.05, 0) is 25.7 Å². The number of hydrogen-bond acceptors (Lipinski definition) is 3. The predicted molar refractivity (Wildman–Crippen MR) is 59.6 cm³/mol. The molecule has 2 rings (SSSR count). The molecule has 1 heterocycles. The van der Waals surface area contributed by atoms with Gasteiger partial charge in [0.15, 0.2) is 0 Å². The van der Waals surface area contributed by atoms with Crippen LogP contribution in [0.1, 0.15) is 35.3 Å². The number of carbonyl (C=O) groups excluding carboxylic acids is 1. The van der Waals surface area contributed by atoms with Gasteiger partial charge in [0.2, 0.25) is 0 Å². The first-order valence-electron chi connectivity index (χ1n) is 5.60. The van der Waals surface area contributed by atoms with Gasteiger partial charge >= 0.3 is 5.97 Å². The number of aromatic amines is 1. The summed E-state index contributed by atoms with van der Waals surface area (Å²) in [5.74, 6) is -0.831. The van der Waals surface area contributed by atoms with Crippen molar-refractivity contribution in [3.63, 3.8) is 0 Å². The van der Waals surface area contributed by atoms with Crippen LogP contribution in [0.5, 0.6) is 0 Å². The number of hydrogen-bond donors (Lipinski definition) is 3. The molecule has 17 heavy (non-hydrogen) atoms. The van der Waals surface area contributed by atoms with Gasteiger partial charge in [0.05, 0.1) is 18.2 Å². The summed E-state index contributed by atoms with van der Waals surface area (Å²) in [6.07, 6.45) is 3.41. The Balaban J connectivity index is 2.00. The minimum absolute atomic E-state index is 0.0205. The second-order valence-corrected chi connectivity index (χ2v) is 4.42. The van der Waals surface area contributed by atoms with Gasteiger partial charge in [0.25, 0.3) is 5.91 Å². The molecule has 0 spiro atoms. The number of nitrogens with one attached hydrogen (secondary N) is 2. The van der Waals surface area contributed by atoms with E-state index in [9.17, 15) is 9.59 Å². The lowest BCUT2D eigenvalue weighted by Crippen LogP contribution is -2.38. The lowest BCUT2D eigenvalue weighted by atomic mass is 10.1. The monoisotopic (exact) mass is 237 g/mol. The first-order chi connectivity index (χ1) is 8.08. The third-order valence-corrected chi connectivity index (χ3v) is 2.98. The van der Waals surface area contributed by atoms with Gasteiger partial charge < -0.3 is 10.4 Å². The Morgan fingerprint density at radius 2 is 2.35 bits per heavy atom. The number of rotatable bonds is 5. The molecular weight excluding hydrogens is 222 g/mol. The fourth-order valence-corrected chi connectivity index (χ4v) is 1.85. The Kier molecular flexibility index (Phi) is 3.12. The summed E-state index contributed by atoms with van der Waals surface area (Å²) in [5.41, 5.74) is 1.16. The summed E-state index contributed by atoms with van der Waals surface area (Å²) in [6, 6.07) is -0.269. The van der Waals surface area contributed by atoms with Crippen LogP contribution in [0.3, 0.4) is 0 Å². The van der Waals surface area contributed by atoms with Crippen molar-refractivity contribution in [3.05, 3.63) is 17.5 Å². The average Bonchev–Trinajstić information content (AvgIpc) is 3.00. The summed E-state index contributed by atoms with van der Waals surface area (Å²) in [6.45, 7) is 1.76. The summed E-state index contributed by atoms with van der Waals surface area (Å²) in [7, 11) is 0. The third kappa shape index (κ3) is 2.83. The number of nitrogens with zero attached hydrogens (tertiary/aromatic N) is 1. The molecule has 92 valence electrons. The molecule has 1 aromatic heterocycles. The highest BCUT2D eigenvalue weighted by atomic mass is 16.4. The van der Waals surface area contributed by atoms with Crippen molar-refractivity contribution in [2.24, 2.45) is 5.92 Å². The second-order valence-electron chi connectivity index (χ2n) is 4.42. The van der Waals surface area contributed by atoms with Gasteiger partial charge in [-0.1, -0.05) is 0 Å². The van der Waals surface area contributed by atoms with Crippen molar-refractivity contribution in [3.8, 4) is 0 Å². The molecule has 1 unspecified atom stereocenters. The zero-order chi connectivity index (χ0) is 12.4. The minimum Gasteiger partial charge on any atom is -0.481 e. The second kappa shape index (κ2) is 4.57. The van der Waals surface area contributed by atoms with Crippen LogP contribution in [0.4, 0.5) is 0 Å². The number of aliphatic carboxylic acids is 1. The zero-order valence-electron chi connectivity index (χ0n) is 9.56. The highest BCUT2D eigenvalue weighted by Crippen LogP contribution is 2.34. The van der Waals surface area contributed by atoms with Gasteiger partial charge in [-0.15, -0.1) is 0 Å². The Morgan fingerprint density at radius 1 is 1.65 bits per heavy atom. The first kappa shape index (κ1) is 11.6. The van der Waals surface area contributed by atoms with Crippen molar-refractivity contribution in [1.82, 2.24) is 15.5 Å². The van der Waals surface area contributed by atoms with E-state index in [0.29, 0.717) is 17.2 Å². The van der Waals surface area contributed by atoms with E-state index in [4.69, 9.17) is 5.11 Å². The fourth-order valence-electron chi connectivity index (χ4n) is 1.85. The smallest absolute Gasteiger partial charge is 0.305 e. The van der Waals surface area contributed by atoms with Crippen molar-refractivity contribution in [2.75, 3.05) is 0 Å². The summed E-state index contributed by atoms with van der Waals surface area (Å²) >= 11 is 0. The maximum absolute atomic E-state index is 11.9. The van der Waals surface area contributed by atoms with E-state index in [1.54, 1.807) is 6.92 Å². The summed E-state index contributed by atoms with van der Waals surface area (Å²) in [5, 5.41) is 18.0. The highest BCUT2D eigenvalue weighted by Gasteiger charge is 2.34. The number of carboxylic acids is 1. The molecule has 0 aliphatic heterocycles. The van der Waals surface area contributed by atoms with Crippen molar-refractivity contribution >= 4 is 11.9 Å². The van der Waals surface area contributed by atoms with Crippen LogP contribution in [0, 0.1) is 12.8 Å². The third-order valence-electron chi connectivity index (χ3n) is 2.98. The molecule has 3 N–H and O–H groups in total. The standard InChI is InChI=1S/C11H15N3O3/c1-6-8(5-12-14-6)11(17)13-9(4-10(15)16)7-2-3-7/h5,7,9H,2-4H2,1H3,(H,12,14)(H,13,17)(H,15,16). The van der Waals surface area contributed by atoms with Crippen LogP contribution in [-0.2, 0) is 4.79 Å². The van der Waals surface area contributed by atoms with Crippen molar-refractivity contribution in [1.29, 1.82) is 0 Å². The first-order valence-corrected chi connectivity index (χ1v) is 5.60. The molecule has 0 bridgehead atoms. The van der Waals surface area contributed by atoms with Crippen molar-refractivity contribution < 1.29 is 14.7 Å². The van der Waals surface area contributed by atoms with E-state index in [-0.39, 0.29) is 18.4 Å². The quantitative estimate of drug-likeness (QED) is 0.702. The average molecular weight is 237 g/mol. The summed E-state index contributed by atoms with van der Waals surface area (Å²) < 4.78 is 0. The molecule has 6 nitrogen and oxygen atoms in total. The van der Waals surface area contributed by atoms with E-state index in [2.05, 4.69) is 15.5 Å². The number of amides is 1. The predicted octanol–water partition coefficient (Wildman–Crippen LogP) is 0.701. The largest absolute Gasteiger partial charge is 0.481 e. The Morgan fingerprint density at radius 3 is 2.82 bits per heavy atom. The molecular formula is C11H15N3O3. The maximum Gasteiger partial charge on any atom is 0.305 e. The van der Waals surface area contributed by atoms with Crippen molar-refractivity contribution in [2.45, 2.75) is 32.2 Å². The molecule has 0 aromatic carbocycles. The Labute approximate surface area is 98.4 Å². The highest BCUT2D eigenvalue weighted by molar-refractivity contribution is 5.95. The van der Waals surface area contributed by atoms with Gasteiger partial charge in [-0.25, -0.2) is 0 Å². The molecule has 1 fully saturated rings. The number of carbonyl (C=O) groups is 2. The maximum atomic E-state index is 11.9. The molecule has 0 saturated heterocycles.